The smallest absolute Gasteiger partial charge is 0.316 e. The average Bonchev–Trinajstić information content (AvgIpc) is 2.77. The second-order valence-electron chi connectivity index (χ2n) is 3.99. The molecule has 14 heavy (non-hydrogen) atoms. The minimum Gasteiger partial charge on any atom is -0.481 e. The summed E-state index contributed by atoms with van der Waals surface area (Å²) in [6.07, 6.45) is 1.41. The van der Waals surface area contributed by atoms with Gasteiger partial charge >= 0.3 is 5.97 Å². The fourth-order valence-electron chi connectivity index (χ4n) is 1.31. The first-order valence-electron chi connectivity index (χ1n) is 4.63. The van der Waals surface area contributed by atoms with Crippen molar-refractivity contribution in [3.8, 4) is 0 Å². The van der Waals surface area contributed by atoms with Gasteiger partial charge in [0.15, 0.2) is 0 Å². The number of nitrogens with zero attached hydrogens (tertiary/aromatic N) is 2. The van der Waals surface area contributed by atoms with Crippen LogP contribution in [-0.4, -0.2) is 21.3 Å². The molecule has 0 aromatic carbocycles. The Bertz CT molecular complexity index is 369. The van der Waals surface area contributed by atoms with Gasteiger partial charge in [-0.25, -0.2) is 0 Å². The van der Waals surface area contributed by atoms with Gasteiger partial charge in [0.1, 0.15) is 15.4 Å². The fraction of sp³-hybridized carbons (Fsp3) is 0.667. The number of hydrogen-bond donors (Lipinski definition) is 1. The molecule has 1 heterocycles. The topological polar surface area (TPSA) is 63.1 Å². The van der Waals surface area contributed by atoms with Gasteiger partial charge in [0.05, 0.1) is 0 Å². The first-order chi connectivity index (χ1) is 6.56. The van der Waals surface area contributed by atoms with Crippen LogP contribution in [0.2, 0.25) is 0 Å². The number of carbonyl (C=O) groups is 1. The Kier molecular flexibility index (Phi) is 2.06. The Labute approximate surface area is 86.0 Å². The predicted octanol–water partition coefficient (Wildman–Crippen LogP) is 1.78. The lowest BCUT2D eigenvalue weighted by Gasteiger charge is -2.02. The summed E-state index contributed by atoms with van der Waals surface area (Å²) in [5.41, 5.74) is -0.690. The molecule has 1 aromatic heterocycles. The highest BCUT2D eigenvalue weighted by Crippen LogP contribution is 2.49. The van der Waals surface area contributed by atoms with Gasteiger partial charge in [0.2, 0.25) is 0 Å². The Balaban J connectivity index is 2.30. The molecule has 0 aliphatic heterocycles. The van der Waals surface area contributed by atoms with E-state index in [-0.39, 0.29) is 0 Å². The number of carboxylic acid groups (broad SMARTS) is 1. The summed E-state index contributed by atoms with van der Waals surface area (Å²) in [7, 11) is 0. The van der Waals surface area contributed by atoms with Crippen LogP contribution >= 0.6 is 11.3 Å². The van der Waals surface area contributed by atoms with Crippen LogP contribution in [0.15, 0.2) is 0 Å². The number of hydrogen-bond acceptors (Lipinski definition) is 4. The monoisotopic (exact) mass is 212 g/mol. The number of carboxylic acids is 1. The molecule has 1 saturated carbocycles. The summed E-state index contributed by atoms with van der Waals surface area (Å²) in [6, 6.07) is 0. The van der Waals surface area contributed by atoms with Gasteiger partial charge < -0.3 is 5.11 Å². The van der Waals surface area contributed by atoms with E-state index in [9.17, 15) is 4.79 Å². The molecule has 1 fully saturated rings. The Morgan fingerprint density at radius 2 is 2.14 bits per heavy atom. The Morgan fingerprint density at radius 1 is 1.50 bits per heavy atom. The zero-order chi connectivity index (χ0) is 10.3. The molecule has 0 bridgehead atoms. The van der Waals surface area contributed by atoms with E-state index < -0.39 is 11.4 Å². The predicted molar refractivity (Wildman–Crippen MR) is 52.5 cm³/mol. The van der Waals surface area contributed by atoms with Crippen molar-refractivity contribution in [2.75, 3.05) is 0 Å². The van der Waals surface area contributed by atoms with Crippen LogP contribution in [0.1, 0.15) is 42.6 Å². The van der Waals surface area contributed by atoms with Crippen LogP contribution in [0.4, 0.5) is 0 Å². The van der Waals surface area contributed by atoms with Gasteiger partial charge in [-0.15, -0.1) is 21.5 Å². The molecule has 1 N–H and O–H groups in total. The molecular weight excluding hydrogens is 200 g/mol. The van der Waals surface area contributed by atoms with Crippen LogP contribution in [0.3, 0.4) is 0 Å². The average molecular weight is 212 g/mol. The van der Waals surface area contributed by atoms with E-state index in [0.29, 0.717) is 23.8 Å². The largest absolute Gasteiger partial charge is 0.481 e. The zero-order valence-corrected chi connectivity index (χ0v) is 8.97. The third-order valence-corrected chi connectivity index (χ3v) is 3.93. The summed E-state index contributed by atoms with van der Waals surface area (Å²) in [6.45, 7) is 4.06. The lowest BCUT2D eigenvalue weighted by atomic mass is 10.1. The van der Waals surface area contributed by atoms with Gasteiger partial charge in [0, 0.05) is 5.92 Å². The van der Waals surface area contributed by atoms with Crippen LogP contribution in [0, 0.1) is 0 Å². The van der Waals surface area contributed by atoms with E-state index in [4.69, 9.17) is 5.11 Å². The van der Waals surface area contributed by atoms with E-state index in [1.54, 1.807) is 0 Å². The van der Waals surface area contributed by atoms with Crippen molar-refractivity contribution in [3.05, 3.63) is 10.0 Å². The van der Waals surface area contributed by atoms with E-state index in [1.807, 2.05) is 13.8 Å². The van der Waals surface area contributed by atoms with Crippen LogP contribution in [0.5, 0.6) is 0 Å². The van der Waals surface area contributed by atoms with E-state index in [1.165, 1.54) is 11.3 Å². The normalized spacial score (nSPS) is 18.5. The van der Waals surface area contributed by atoms with Gasteiger partial charge in [-0.2, -0.15) is 0 Å². The fourth-order valence-corrected chi connectivity index (χ4v) is 2.39. The van der Waals surface area contributed by atoms with Gasteiger partial charge in [0.25, 0.3) is 0 Å². The van der Waals surface area contributed by atoms with Crippen LogP contribution in [0.25, 0.3) is 0 Å². The summed E-state index contributed by atoms with van der Waals surface area (Å²) in [4.78, 5) is 11.0. The van der Waals surface area contributed by atoms with E-state index in [2.05, 4.69) is 10.2 Å². The highest BCUT2D eigenvalue weighted by molar-refractivity contribution is 7.11. The van der Waals surface area contributed by atoms with Crippen molar-refractivity contribution in [1.82, 2.24) is 10.2 Å². The van der Waals surface area contributed by atoms with Crippen molar-refractivity contribution < 1.29 is 9.90 Å². The standard InChI is InChI=1S/C9H12N2O2S/c1-5(2)6-10-11-7(14-6)9(3-4-9)8(12)13/h5H,3-4H2,1-2H3,(H,12,13). The highest BCUT2D eigenvalue weighted by Gasteiger charge is 2.54. The zero-order valence-electron chi connectivity index (χ0n) is 8.15. The molecular formula is C9H12N2O2S. The van der Waals surface area contributed by atoms with E-state index >= 15 is 0 Å². The van der Waals surface area contributed by atoms with Crippen LogP contribution < -0.4 is 0 Å². The molecule has 0 saturated heterocycles. The van der Waals surface area contributed by atoms with Crippen molar-refractivity contribution >= 4 is 17.3 Å². The van der Waals surface area contributed by atoms with Crippen molar-refractivity contribution in [3.63, 3.8) is 0 Å². The molecule has 1 aliphatic rings. The molecule has 1 aliphatic carbocycles. The summed E-state index contributed by atoms with van der Waals surface area (Å²) < 4.78 is 0. The summed E-state index contributed by atoms with van der Waals surface area (Å²) in [5, 5.41) is 18.6. The Hall–Kier alpha value is -0.970. The molecule has 76 valence electrons. The van der Waals surface area contributed by atoms with E-state index in [0.717, 1.165) is 5.01 Å². The number of aromatic nitrogens is 2. The molecule has 4 nitrogen and oxygen atoms in total. The maximum absolute atomic E-state index is 11.0. The number of rotatable bonds is 3. The first kappa shape index (κ1) is 9.58. The van der Waals surface area contributed by atoms with Crippen molar-refractivity contribution in [2.45, 2.75) is 38.0 Å². The van der Waals surface area contributed by atoms with Gasteiger partial charge in [-0.3, -0.25) is 4.79 Å². The maximum Gasteiger partial charge on any atom is 0.316 e. The molecule has 0 atom stereocenters. The summed E-state index contributed by atoms with van der Waals surface area (Å²) in [5.74, 6) is -0.435. The lowest BCUT2D eigenvalue weighted by Crippen LogP contribution is -2.19. The molecule has 0 spiro atoms. The second-order valence-corrected chi connectivity index (χ2v) is 5.00. The summed E-state index contributed by atoms with van der Waals surface area (Å²) >= 11 is 1.44. The first-order valence-corrected chi connectivity index (χ1v) is 5.45. The minimum atomic E-state index is -0.760. The third-order valence-electron chi connectivity index (χ3n) is 2.50. The molecule has 2 rings (SSSR count). The lowest BCUT2D eigenvalue weighted by molar-refractivity contribution is -0.140. The van der Waals surface area contributed by atoms with Gasteiger partial charge in [-0.1, -0.05) is 13.8 Å². The highest BCUT2D eigenvalue weighted by atomic mass is 32.1. The quantitative estimate of drug-likeness (QED) is 0.829. The van der Waals surface area contributed by atoms with Crippen molar-refractivity contribution in [1.29, 1.82) is 0 Å². The Morgan fingerprint density at radius 3 is 2.50 bits per heavy atom. The second kappa shape index (κ2) is 3.02. The molecule has 0 amide bonds. The molecule has 1 aromatic rings. The number of aliphatic carboxylic acids is 1. The molecule has 0 radical (unpaired) electrons. The van der Waals surface area contributed by atoms with Crippen LogP contribution in [-0.2, 0) is 10.2 Å². The molecule has 5 heteroatoms. The SMILES string of the molecule is CC(C)c1nnc(C2(C(=O)O)CC2)s1. The minimum absolute atomic E-state index is 0.325. The molecule has 0 unspecified atom stereocenters. The van der Waals surface area contributed by atoms with Crippen molar-refractivity contribution in [2.24, 2.45) is 0 Å². The van der Waals surface area contributed by atoms with Gasteiger partial charge in [-0.05, 0) is 12.8 Å². The third kappa shape index (κ3) is 1.32. The maximum atomic E-state index is 11.0.